The van der Waals surface area contributed by atoms with Crippen molar-refractivity contribution >= 4 is 38.9 Å². The standard InChI is InChI=1S/C20H15F3N4O5S/c21-20(22,23)11-3-8-16-14(10-11)26-17(27-33(16,30)31)19(29)25-13-6-4-12(5-7-13)24-18(28)15-2-1-9-32-15/h1-10,17,26-27H,(H,24,28)(H,25,29)/t17-/m0/s1. The zero-order valence-corrected chi connectivity index (χ0v) is 17.3. The number of carbonyl (C=O) groups is 2. The molecule has 4 N–H and O–H groups in total. The van der Waals surface area contributed by atoms with Crippen molar-refractivity contribution in [3.05, 3.63) is 72.2 Å². The monoisotopic (exact) mass is 480 g/mol. The maximum Gasteiger partial charge on any atom is 0.416 e. The van der Waals surface area contributed by atoms with Crippen LogP contribution in [0.3, 0.4) is 0 Å². The maximum atomic E-state index is 13.0. The van der Waals surface area contributed by atoms with Gasteiger partial charge in [-0.15, -0.1) is 0 Å². The summed E-state index contributed by atoms with van der Waals surface area (Å²) in [7, 11) is -4.23. The molecule has 3 aromatic rings. The van der Waals surface area contributed by atoms with E-state index in [-0.39, 0.29) is 17.1 Å². The van der Waals surface area contributed by atoms with Gasteiger partial charge in [0, 0.05) is 11.4 Å². The second-order valence-corrected chi connectivity index (χ2v) is 8.59. The normalized spacial score (nSPS) is 16.9. The summed E-state index contributed by atoms with van der Waals surface area (Å²) in [5.74, 6) is -1.22. The van der Waals surface area contributed by atoms with Gasteiger partial charge in [-0.25, -0.2) is 8.42 Å². The number of rotatable bonds is 4. The topological polar surface area (TPSA) is 130 Å². The van der Waals surface area contributed by atoms with E-state index in [4.69, 9.17) is 4.42 Å². The van der Waals surface area contributed by atoms with Crippen LogP contribution < -0.4 is 20.7 Å². The van der Waals surface area contributed by atoms with Crippen LogP contribution in [-0.4, -0.2) is 26.4 Å². The summed E-state index contributed by atoms with van der Waals surface area (Å²) in [6.45, 7) is 0. The van der Waals surface area contributed by atoms with E-state index in [1.165, 1.54) is 36.6 Å². The Kier molecular flexibility index (Phi) is 5.59. The molecule has 2 amide bonds. The first kappa shape index (κ1) is 22.4. The van der Waals surface area contributed by atoms with E-state index < -0.39 is 44.6 Å². The minimum Gasteiger partial charge on any atom is -0.459 e. The molecule has 33 heavy (non-hydrogen) atoms. The molecule has 0 radical (unpaired) electrons. The Bertz CT molecular complexity index is 1310. The molecule has 9 nitrogen and oxygen atoms in total. The van der Waals surface area contributed by atoms with Crippen molar-refractivity contribution in [3.8, 4) is 0 Å². The zero-order valence-electron chi connectivity index (χ0n) is 16.4. The third-order valence-corrected chi connectivity index (χ3v) is 6.07. The van der Waals surface area contributed by atoms with Crippen LogP contribution in [0, 0.1) is 0 Å². The SMILES string of the molecule is O=C(Nc1ccc(NC(=O)[C@H]2Nc3cc(C(F)(F)F)ccc3S(=O)(=O)N2)cc1)c1ccco1. The van der Waals surface area contributed by atoms with E-state index in [9.17, 15) is 31.2 Å². The second-order valence-electron chi connectivity index (χ2n) is 6.91. The molecule has 0 bridgehead atoms. The molecule has 1 aromatic heterocycles. The van der Waals surface area contributed by atoms with Gasteiger partial charge < -0.3 is 20.4 Å². The first-order valence-corrected chi connectivity index (χ1v) is 10.8. The lowest BCUT2D eigenvalue weighted by Gasteiger charge is -2.27. The first-order valence-electron chi connectivity index (χ1n) is 9.29. The van der Waals surface area contributed by atoms with Crippen molar-refractivity contribution in [2.24, 2.45) is 0 Å². The van der Waals surface area contributed by atoms with E-state index in [1.807, 2.05) is 0 Å². The number of hydrogen-bond acceptors (Lipinski definition) is 6. The van der Waals surface area contributed by atoms with Gasteiger partial charge in [0.15, 0.2) is 11.9 Å². The van der Waals surface area contributed by atoms with Gasteiger partial charge >= 0.3 is 6.18 Å². The number of alkyl halides is 3. The third-order valence-electron chi connectivity index (χ3n) is 4.59. The van der Waals surface area contributed by atoms with Crippen LogP contribution in [0.25, 0.3) is 0 Å². The first-order chi connectivity index (χ1) is 15.5. The second kappa shape index (κ2) is 8.26. The minimum absolute atomic E-state index is 0.108. The van der Waals surface area contributed by atoms with E-state index in [0.29, 0.717) is 17.8 Å². The number of sulfonamides is 1. The van der Waals surface area contributed by atoms with E-state index in [0.717, 1.165) is 6.07 Å². The summed E-state index contributed by atoms with van der Waals surface area (Å²) in [5, 5.41) is 7.51. The Morgan fingerprint density at radius 2 is 1.64 bits per heavy atom. The number of halogens is 3. The van der Waals surface area contributed by atoms with Crippen LogP contribution in [0.1, 0.15) is 16.1 Å². The van der Waals surface area contributed by atoms with Gasteiger partial charge in [0.05, 0.1) is 17.5 Å². The maximum absolute atomic E-state index is 13.0. The van der Waals surface area contributed by atoms with Crippen molar-refractivity contribution in [1.82, 2.24) is 4.72 Å². The number of furan rings is 1. The predicted molar refractivity (Wildman–Crippen MR) is 111 cm³/mol. The summed E-state index contributed by atoms with van der Waals surface area (Å²) in [6, 6.07) is 11.0. The molecule has 0 spiro atoms. The molecule has 0 unspecified atom stereocenters. The number of benzene rings is 2. The van der Waals surface area contributed by atoms with Crippen LogP contribution >= 0.6 is 0 Å². The summed E-state index contributed by atoms with van der Waals surface area (Å²) in [4.78, 5) is 24.1. The molecule has 0 aliphatic carbocycles. The van der Waals surface area contributed by atoms with Crippen molar-refractivity contribution in [1.29, 1.82) is 0 Å². The van der Waals surface area contributed by atoms with Gasteiger partial charge in [0.2, 0.25) is 10.0 Å². The molecular weight excluding hydrogens is 465 g/mol. The highest BCUT2D eigenvalue weighted by molar-refractivity contribution is 7.89. The lowest BCUT2D eigenvalue weighted by atomic mass is 10.2. The molecule has 13 heteroatoms. The molecule has 2 aromatic carbocycles. The Hall–Kier alpha value is -3.84. The molecule has 1 aliphatic rings. The smallest absolute Gasteiger partial charge is 0.416 e. The molecule has 2 heterocycles. The van der Waals surface area contributed by atoms with Crippen molar-refractivity contribution in [2.75, 3.05) is 16.0 Å². The number of carbonyl (C=O) groups excluding carboxylic acids is 2. The van der Waals surface area contributed by atoms with Crippen LogP contribution in [0.2, 0.25) is 0 Å². The average molecular weight is 480 g/mol. The van der Waals surface area contributed by atoms with E-state index >= 15 is 0 Å². The van der Waals surface area contributed by atoms with Crippen LogP contribution in [0.5, 0.6) is 0 Å². The summed E-state index contributed by atoms with van der Waals surface area (Å²) in [5.41, 5.74) is -0.747. The molecule has 1 aliphatic heterocycles. The molecule has 0 fully saturated rings. The van der Waals surface area contributed by atoms with Crippen molar-refractivity contribution < 1.29 is 35.6 Å². The molecule has 0 saturated carbocycles. The summed E-state index contributed by atoms with van der Waals surface area (Å²) >= 11 is 0. The fourth-order valence-corrected chi connectivity index (χ4v) is 4.29. The van der Waals surface area contributed by atoms with Crippen LogP contribution in [0.15, 0.2) is 70.2 Å². The Balaban J connectivity index is 1.46. The highest BCUT2D eigenvalue weighted by Crippen LogP contribution is 2.35. The van der Waals surface area contributed by atoms with E-state index in [2.05, 4.69) is 20.7 Å². The largest absolute Gasteiger partial charge is 0.459 e. The third kappa shape index (κ3) is 4.83. The molecule has 1 atom stereocenters. The van der Waals surface area contributed by atoms with Gasteiger partial charge in [0.1, 0.15) is 4.90 Å². The molecular formula is C20H15F3N4O5S. The molecule has 0 saturated heterocycles. The Morgan fingerprint density at radius 3 is 2.24 bits per heavy atom. The number of nitrogens with one attached hydrogen (secondary N) is 4. The highest BCUT2D eigenvalue weighted by atomic mass is 32.2. The van der Waals surface area contributed by atoms with Crippen LogP contribution in [-0.2, 0) is 21.0 Å². The molecule has 172 valence electrons. The van der Waals surface area contributed by atoms with Crippen molar-refractivity contribution in [3.63, 3.8) is 0 Å². The number of anilines is 3. The van der Waals surface area contributed by atoms with Gasteiger partial charge in [-0.05, 0) is 54.6 Å². The Labute approximate surface area is 185 Å². The lowest BCUT2D eigenvalue weighted by molar-refractivity contribution is -0.137. The quantitative estimate of drug-likeness (QED) is 0.454. The summed E-state index contributed by atoms with van der Waals surface area (Å²) in [6.07, 6.45) is -4.88. The number of amides is 2. The van der Waals surface area contributed by atoms with Gasteiger partial charge in [-0.1, -0.05) is 0 Å². The molecule has 4 rings (SSSR count). The fraction of sp³-hybridized carbons (Fsp3) is 0.100. The summed E-state index contributed by atoms with van der Waals surface area (Å²) < 4.78 is 70.8. The number of hydrogen-bond donors (Lipinski definition) is 4. The van der Waals surface area contributed by atoms with Crippen molar-refractivity contribution in [2.45, 2.75) is 17.2 Å². The average Bonchev–Trinajstić information content (AvgIpc) is 3.29. The minimum atomic E-state index is -4.68. The van der Waals surface area contributed by atoms with Gasteiger partial charge in [-0.2, -0.15) is 17.9 Å². The Morgan fingerprint density at radius 1 is 0.970 bits per heavy atom. The van der Waals surface area contributed by atoms with E-state index in [1.54, 1.807) is 6.07 Å². The van der Waals surface area contributed by atoms with Crippen LogP contribution in [0.4, 0.5) is 30.2 Å². The van der Waals surface area contributed by atoms with Gasteiger partial charge in [0.25, 0.3) is 11.8 Å². The number of fused-ring (bicyclic) bond motifs is 1. The lowest BCUT2D eigenvalue weighted by Crippen LogP contribution is -2.51. The van der Waals surface area contributed by atoms with Gasteiger partial charge in [-0.3, -0.25) is 9.59 Å². The predicted octanol–water partition coefficient (Wildman–Crippen LogP) is 3.22. The zero-order chi connectivity index (χ0) is 23.8. The highest BCUT2D eigenvalue weighted by Gasteiger charge is 2.37. The fourth-order valence-electron chi connectivity index (χ4n) is 3.03.